The largest absolute Gasteiger partial charge is 0.478 e. The van der Waals surface area contributed by atoms with E-state index < -0.39 is 54.6 Å². The maximum absolute atomic E-state index is 13.7. The Morgan fingerprint density at radius 3 is 2.66 bits per heavy atom. The molecule has 2 aliphatic heterocycles. The fourth-order valence-corrected chi connectivity index (χ4v) is 5.07. The summed E-state index contributed by atoms with van der Waals surface area (Å²) in [6, 6.07) is 7.45. The van der Waals surface area contributed by atoms with Crippen LogP contribution in [-0.4, -0.2) is 82.3 Å². The third-order valence-electron chi connectivity index (χ3n) is 7.24. The summed E-state index contributed by atoms with van der Waals surface area (Å²) < 4.78 is 11.6. The number of carbonyl (C=O) groups is 3. The lowest BCUT2D eigenvalue weighted by molar-refractivity contribution is -0.142. The normalized spacial score (nSPS) is 24.7. The van der Waals surface area contributed by atoms with Gasteiger partial charge in [-0.3, -0.25) is 9.59 Å². The van der Waals surface area contributed by atoms with E-state index in [4.69, 9.17) is 9.39 Å². The Balaban J connectivity index is 1.61. The Morgan fingerprint density at radius 2 is 1.97 bits per heavy atom. The first-order valence-corrected chi connectivity index (χ1v) is 12.9. The van der Waals surface area contributed by atoms with Crippen LogP contribution in [0.3, 0.4) is 0 Å². The zero-order valence-corrected chi connectivity index (χ0v) is 22.1. The molecule has 2 fully saturated rings. The SMILES string of the molecule is C[C@H]1CCOB(O)[C@H]1NC(=O)[C@@H]1C[C@@H](Oc2nccc3ccccc23)CN1C(=O)[C@@H](NC(=O)O)C(C)(C)C. The molecule has 2 aromatic rings. The Labute approximate surface area is 222 Å². The molecule has 2 saturated heterocycles. The number of carboxylic acid groups (broad SMARTS) is 1. The van der Waals surface area contributed by atoms with Crippen LogP contribution in [0.5, 0.6) is 5.88 Å². The van der Waals surface area contributed by atoms with Gasteiger partial charge in [-0.25, -0.2) is 9.78 Å². The first-order valence-electron chi connectivity index (χ1n) is 12.9. The number of likely N-dealkylation sites (tertiary alicyclic amines) is 1. The summed E-state index contributed by atoms with van der Waals surface area (Å²) in [6.07, 6.45) is 0.580. The molecule has 204 valence electrons. The van der Waals surface area contributed by atoms with Gasteiger partial charge in [-0.1, -0.05) is 45.9 Å². The minimum Gasteiger partial charge on any atom is -0.472 e. The summed E-state index contributed by atoms with van der Waals surface area (Å²) in [4.78, 5) is 44.6. The van der Waals surface area contributed by atoms with Crippen molar-refractivity contribution in [2.24, 2.45) is 11.3 Å². The van der Waals surface area contributed by atoms with Gasteiger partial charge < -0.3 is 35.1 Å². The average Bonchev–Trinajstić information content (AvgIpc) is 3.28. The average molecular weight is 526 g/mol. The zero-order chi connectivity index (χ0) is 27.6. The molecule has 11 nitrogen and oxygen atoms in total. The predicted molar refractivity (Wildman–Crippen MR) is 140 cm³/mol. The van der Waals surface area contributed by atoms with Crippen molar-refractivity contribution in [3.05, 3.63) is 36.5 Å². The minimum absolute atomic E-state index is 0.0313. The summed E-state index contributed by atoms with van der Waals surface area (Å²) in [7, 11) is -1.16. The van der Waals surface area contributed by atoms with Crippen LogP contribution < -0.4 is 15.4 Å². The molecule has 0 radical (unpaired) electrons. The van der Waals surface area contributed by atoms with Gasteiger partial charge in [0.15, 0.2) is 0 Å². The van der Waals surface area contributed by atoms with Crippen molar-refractivity contribution in [1.29, 1.82) is 0 Å². The predicted octanol–water partition coefficient (Wildman–Crippen LogP) is 1.83. The van der Waals surface area contributed by atoms with Gasteiger partial charge in [-0.05, 0) is 35.3 Å². The summed E-state index contributed by atoms with van der Waals surface area (Å²) in [5.41, 5.74) is -0.755. The van der Waals surface area contributed by atoms with Crippen LogP contribution in [-0.2, 0) is 14.2 Å². The number of aromatic nitrogens is 1. The van der Waals surface area contributed by atoms with E-state index in [1.807, 2.05) is 37.3 Å². The molecule has 2 aliphatic rings. The van der Waals surface area contributed by atoms with Crippen molar-refractivity contribution in [2.75, 3.05) is 13.2 Å². The van der Waals surface area contributed by atoms with E-state index in [0.29, 0.717) is 18.9 Å². The van der Waals surface area contributed by atoms with Gasteiger partial charge in [0.1, 0.15) is 18.2 Å². The number of hydrogen-bond donors (Lipinski definition) is 4. The van der Waals surface area contributed by atoms with Gasteiger partial charge >= 0.3 is 13.2 Å². The van der Waals surface area contributed by atoms with Crippen LogP contribution in [0.1, 0.15) is 40.5 Å². The van der Waals surface area contributed by atoms with Crippen LogP contribution in [0.4, 0.5) is 4.79 Å². The summed E-state index contributed by atoms with van der Waals surface area (Å²) in [5, 5.41) is 26.6. The smallest absolute Gasteiger partial charge is 0.472 e. The molecule has 3 heterocycles. The maximum Gasteiger partial charge on any atom is 0.478 e. The van der Waals surface area contributed by atoms with Crippen LogP contribution in [0, 0.1) is 11.3 Å². The van der Waals surface area contributed by atoms with Gasteiger partial charge in [0.2, 0.25) is 17.7 Å². The maximum atomic E-state index is 13.7. The van der Waals surface area contributed by atoms with Crippen molar-refractivity contribution in [1.82, 2.24) is 20.5 Å². The number of carbonyl (C=O) groups excluding carboxylic acids is 2. The fraction of sp³-hybridized carbons (Fsp3) is 0.538. The van der Waals surface area contributed by atoms with E-state index in [9.17, 15) is 24.5 Å². The molecule has 0 aliphatic carbocycles. The highest BCUT2D eigenvalue weighted by Crippen LogP contribution is 2.30. The summed E-state index contributed by atoms with van der Waals surface area (Å²) in [6.45, 7) is 7.63. The molecule has 3 amide bonds. The second kappa shape index (κ2) is 11.2. The molecular formula is C26H35BN4O7. The lowest BCUT2D eigenvalue weighted by Gasteiger charge is -2.36. The molecule has 4 rings (SSSR count). The topological polar surface area (TPSA) is 150 Å². The zero-order valence-electron chi connectivity index (χ0n) is 22.1. The Kier molecular flexibility index (Phi) is 8.12. The Morgan fingerprint density at radius 1 is 1.24 bits per heavy atom. The van der Waals surface area contributed by atoms with E-state index in [1.165, 1.54) is 4.90 Å². The highest BCUT2D eigenvalue weighted by atomic mass is 16.5. The van der Waals surface area contributed by atoms with Crippen LogP contribution in [0.25, 0.3) is 10.8 Å². The third kappa shape index (κ3) is 6.02. The number of nitrogens with one attached hydrogen (secondary N) is 2. The van der Waals surface area contributed by atoms with Gasteiger partial charge in [-0.15, -0.1) is 0 Å². The molecule has 0 saturated carbocycles. The monoisotopic (exact) mass is 526 g/mol. The number of pyridine rings is 1. The first-order chi connectivity index (χ1) is 18.0. The molecule has 0 spiro atoms. The van der Waals surface area contributed by atoms with Gasteiger partial charge in [0.25, 0.3) is 0 Å². The van der Waals surface area contributed by atoms with Crippen LogP contribution in [0.2, 0.25) is 0 Å². The quantitative estimate of drug-likeness (QED) is 0.417. The third-order valence-corrected chi connectivity index (χ3v) is 7.24. The van der Waals surface area contributed by atoms with E-state index in [0.717, 1.165) is 10.8 Å². The number of hydrogen-bond acceptors (Lipinski definition) is 7. The highest BCUT2D eigenvalue weighted by molar-refractivity contribution is 6.45. The number of ether oxygens (including phenoxy) is 1. The fourth-order valence-electron chi connectivity index (χ4n) is 5.07. The number of nitrogens with zero attached hydrogens (tertiary/aromatic N) is 2. The first kappa shape index (κ1) is 27.7. The Bertz CT molecular complexity index is 1170. The second-order valence-corrected chi connectivity index (χ2v) is 11.1. The van der Waals surface area contributed by atoms with E-state index in [2.05, 4.69) is 15.6 Å². The molecule has 4 N–H and O–H groups in total. The highest BCUT2D eigenvalue weighted by Gasteiger charge is 2.47. The molecule has 0 unspecified atom stereocenters. The van der Waals surface area contributed by atoms with Crippen molar-refractivity contribution >= 4 is 35.8 Å². The van der Waals surface area contributed by atoms with Crippen molar-refractivity contribution < 1.29 is 33.9 Å². The van der Waals surface area contributed by atoms with E-state index >= 15 is 0 Å². The molecule has 12 heteroatoms. The van der Waals surface area contributed by atoms with Crippen molar-refractivity contribution in [2.45, 2.75) is 64.7 Å². The van der Waals surface area contributed by atoms with E-state index in [-0.39, 0.29) is 18.9 Å². The van der Waals surface area contributed by atoms with E-state index in [1.54, 1.807) is 27.0 Å². The molecule has 0 bridgehead atoms. The van der Waals surface area contributed by atoms with Gasteiger partial charge in [0.05, 0.1) is 12.5 Å². The number of rotatable bonds is 6. The van der Waals surface area contributed by atoms with Crippen molar-refractivity contribution in [3.63, 3.8) is 0 Å². The van der Waals surface area contributed by atoms with Crippen LogP contribution in [0.15, 0.2) is 36.5 Å². The molecule has 38 heavy (non-hydrogen) atoms. The number of benzene rings is 1. The summed E-state index contributed by atoms with van der Waals surface area (Å²) in [5.74, 6) is -1.26. The van der Waals surface area contributed by atoms with Crippen LogP contribution >= 0.6 is 0 Å². The molecule has 5 atom stereocenters. The molecule has 1 aromatic carbocycles. The lowest BCUT2D eigenvalue weighted by atomic mass is 9.68. The van der Waals surface area contributed by atoms with Gasteiger partial charge in [-0.2, -0.15) is 0 Å². The standard InChI is InChI=1S/C26H35BN4O7/c1-15-10-12-37-27(36)21(15)30-22(32)19-13-17(38-23-18-8-6-5-7-16(18)9-11-28-23)14-31(19)24(33)20(26(2,3)4)29-25(34)35/h5-9,11,15,17,19-21,29,36H,10,12-14H2,1-4H3,(H,30,32)(H,34,35)/t15-,17+,19-,20+,21-/m0/s1. The molecule has 1 aromatic heterocycles. The minimum atomic E-state index is -1.33. The molecular weight excluding hydrogens is 491 g/mol. The van der Waals surface area contributed by atoms with Crippen molar-refractivity contribution in [3.8, 4) is 5.88 Å². The summed E-state index contributed by atoms with van der Waals surface area (Å²) >= 11 is 0. The lowest BCUT2D eigenvalue weighted by Crippen LogP contribution is -2.60. The number of fused-ring (bicyclic) bond motifs is 1. The van der Waals surface area contributed by atoms with Gasteiger partial charge in [0, 0.05) is 24.6 Å². The Hall–Kier alpha value is -3.38. The second-order valence-electron chi connectivity index (χ2n) is 11.1. The number of amides is 3.